The number of nitrogens with two attached hydrogens (primary N) is 1. The van der Waals surface area contributed by atoms with Crippen molar-refractivity contribution < 1.29 is 0 Å². The largest absolute Gasteiger partial charge is 0.384 e. The summed E-state index contributed by atoms with van der Waals surface area (Å²) in [6.07, 6.45) is 5.37. The van der Waals surface area contributed by atoms with E-state index in [9.17, 15) is 0 Å². The Labute approximate surface area is 101 Å². The van der Waals surface area contributed by atoms with E-state index < -0.39 is 0 Å². The molecule has 2 aromatic rings. The van der Waals surface area contributed by atoms with Gasteiger partial charge < -0.3 is 5.73 Å². The maximum absolute atomic E-state index is 5.80. The molecule has 0 saturated carbocycles. The van der Waals surface area contributed by atoms with E-state index in [0.29, 0.717) is 11.6 Å². The van der Waals surface area contributed by atoms with Crippen LogP contribution in [-0.4, -0.2) is 15.0 Å². The lowest BCUT2D eigenvalue weighted by Crippen LogP contribution is -2.01. The SMILES string of the molecule is CCc1cc(N)nc(-c2ccncc2CC)n1. The molecule has 0 aliphatic rings. The molecular weight excluding hydrogens is 212 g/mol. The number of aryl methyl sites for hydroxylation is 2. The highest BCUT2D eigenvalue weighted by atomic mass is 14.9. The number of hydrogen-bond donors (Lipinski definition) is 1. The van der Waals surface area contributed by atoms with E-state index in [1.165, 1.54) is 0 Å². The minimum absolute atomic E-state index is 0.519. The highest BCUT2D eigenvalue weighted by Gasteiger charge is 2.08. The molecule has 0 aliphatic carbocycles. The molecule has 0 unspecified atom stereocenters. The molecule has 0 aromatic carbocycles. The minimum atomic E-state index is 0.519. The topological polar surface area (TPSA) is 64.7 Å². The summed E-state index contributed by atoms with van der Waals surface area (Å²) in [5.74, 6) is 1.21. The Morgan fingerprint density at radius 2 is 2.00 bits per heavy atom. The van der Waals surface area contributed by atoms with Crippen LogP contribution in [-0.2, 0) is 12.8 Å². The van der Waals surface area contributed by atoms with E-state index in [0.717, 1.165) is 29.7 Å². The van der Waals surface area contributed by atoms with Crippen LogP contribution in [0, 0.1) is 0 Å². The second-order valence-corrected chi connectivity index (χ2v) is 3.85. The quantitative estimate of drug-likeness (QED) is 0.875. The summed E-state index contributed by atoms with van der Waals surface area (Å²) in [5, 5.41) is 0. The average Bonchev–Trinajstić information content (AvgIpc) is 2.37. The van der Waals surface area contributed by atoms with Gasteiger partial charge >= 0.3 is 0 Å². The molecule has 2 aromatic heterocycles. The molecule has 0 fully saturated rings. The second-order valence-electron chi connectivity index (χ2n) is 3.85. The van der Waals surface area contributed by atoms with Gasteiger partial charge in [0, 0.05) is 29.7 Å². The molecular formula is C13H16N4. The molecule has 4 nitrogen and oxygen atoms in total. The van der Waals surface area contributed by atoms with Crippen molar-refractivity contribution in [1.82, 2.24) is 15.0 Å². The van der Waals surface area contributed by atoms with Gasteiger partial charge in [0.2, 0.25) is 0 Å². The Kier molecular flexibility index (Phi) is 3.32. The molecule has 2 rings (SSSR count). The van der Waals surface area contributed by atoms with E-state index in [1.807, 2.05) is 18.3 Å². The normalized spacial score (nSPS) is 10.5. The van der Waals surface area contributed by atoms with Gasteiger partial charge in [-0.05, 0) is 24.5 Å². The van der Waals surface area contributed by atoms with Crippen molar-refractivity contribution in [2.45, 2.75) is 26.7 Å². The molecule has 0 bridgehead atoms. The van der Waals surface area contributed by atoms with Gasteiger partial charge in [0.25, 0.3) is 0 Å². The lowest BCUT2D eigenvalue weighted by molar-refractivity contribution is 1.00. The lowest BCUT2D eigenvalue weighted by atomic mass is 10.1. The fourth-order valence-corrected chi connectivity index (χ4v) is 1.75. The zero-order valence-corrected chi connectivity index (χ0v) is 10.1. The van der Waals surface area contributed by atoms with Gasteiger partial charge in [-0.25, -0.2) is 9.97 Å². The van der Waals surface area contributed by atoms with Crippen molar-refractivity contribution in [2.24, 2.45) is 0 Å². The number of rotatable bonds is 3. The van der Waals surface area contributed by atoms with Crippen LogP contribution in [0.25, 0.3) is 11.4 Å². The van der Waals surface area contributed by atoms with E-state index in [4.69, 9.17) is 5.73 Å². The van der Waals surface area contributed by atoms with Crippen LogP contribution in [0.15, 0.2) is 24.5 Å². The average molecular weight is 228 g/mol. The molecule has 0 atom stereocenters. The number of anilines is 1. The van der Waals surface area contributed by atoms with E-state index in [1.54, 1.807) is 6.20 Å². The third-order valence-electron chi connectivity index (χ3n) is 2.69. The Bertz CT molecular complexity index is 523. The Balaban J connectivity index is 2.55. The number of hydrogen-bond acceptors (Lipinski definition) is 4. The summed E-state index contributed by atoms with van der Waals surface area (Å²) >= 11 is 0. The van der Waals surface area contributed by atoms with Gasteiger partial charge in [0.05, 0.1) is 0 Å². The number of pyridine rings is 1. The molecule has 0 aliphatic heterocycles. The molecule has 0 amide bonds. The van der Waals surface area contributed by atoms with Crippen molar-refractivity contribution in [3.8, 4) is 11.4 Å². The molecule has 88 valence electrons. The first-order chi connectivity index (χ1) is 8.24. The summed E-state index contributed by atoms with van der Waals surface area (Å²) < 4.78 is 0. The summed E-state index contributed by atoms with van der Waals surface area (Å²) in [6.45, 7) is 4.15. The van der Waals surface area contributed by atoms with Crippen molar-refractivity contribution in [3.63, 3.8) is 0 Å². The number of nitrogens with zero attached hydrogens (tertiary/aromatic N) is 3. The minimum Gasteiger partial charge on any atom is -0.384 e. The summed E-state index contributed by atoms with van der Waals surface area (Å²) in [7, 11) is 0. The van der Waals surface area contributed by atoms with Crippen LogP contribution in [0.1, 0.15) is 25.1 Å². The van der Waals surface area contributed by atoms with E-state index in [-0.39, 0.29) is 0 Å². The summed E-state index contributed by atoms with van der Waals surface area (Å²) in [4.78, 5) is 12.9. The molecule has 4 heteroatoms. The third-order valence-corrected chi connectivity index (χ3v) is 2.69. The lowest BCUT2D eigenvalue weighted by Gasteiger charge is -2.07. The molecule has 2 N–H and O–H groups in total. The first-order valence-corrected chi connectivity index (χ1v) is 5.81. The smallest absolute Gasteiger partial charge is 0.162 e. The maximum Gasteiger partial charge on any atom is 0.162 e. The monoisotopic (exact) mass is 228 g/mol. The zero-order valence-electron chi connectivity index (χ0n) is 10.1. The third kappa shape index (κ3) is 2.41. The fraction of sp³-hybridized carbons (Fsp3) is 0.308. The van der Waals surface area contributed by atoms with E-state index in [2.05, 4.69) is 28.8 Å². The van der Waals surface area contributed by atoms with Crippen LogP contribution in [0.4, 0.5) is 5.82 Å². The Morgan fingerprint density at radius 1 is 1.18 bits per heavy atom. The summed E-state index contributed by atoms with van der Waals surface area (Å²) in [6, 6.07) is 3.75. The van der Waals surface area contributed by atoms with Gasteiger partial charge in [0.15, 0.2) is 5.82 Å². The molecule has 0 spiro atoms. The Morgan fingerprint density at radius 3 is 2.71 bits per heavy atom. The zero-order chi connectivity index (χ0) is 12.3. The van der Waals surface area contributed by atoms with Crippen molar-refractivity contribution in [1.29, 1.82) is 0 Å². The predicted molar refractivity (Wildman–Crippen MR) is 68.4 cm³/mol. The molecule has 2 heterocycles. The van der Waals surface area contributed by atoms with Crippen molar-refractivity contribution >= 4 is 5.82 Å². The molecule has 0 saturated heterocycles. The van der Waals surface area contributed by atoms with Gasteiger partial charge in [-0.15, -0.1) is 0 Å². The highest BCUT2D eigenvalue weighted by Crippen LogP contribution is 2.21. The van der Waals surface area contributed by atoms with Gasteiger partial charge in [-0.3, -0.25) is 4.98 Å². The van der Waals surface area contributed by atoms with Gasteiger partial charge in [-0.2, -0.15) is 0 Å². The van der Waals surface area contributed by atoms with Crippen LogP contribution < -0.4 is 5.73 Å². The molecule has 17 heavy (non-hydrogen) atoms. The Hall–Kier alpha value is -1.97. The van der Waals surface area contributed by atoms with Crippen LogP contribution in [0.3, 0.4) is 0 Å². The molecule has 0 radical (unpaired) electrons. The van der Waals surface area contributed by atoms with Crippen LogP contribution >= 0.6 is 0 Å². The second kappa shape index (κ2) is 4.91. The maximum atomic E-state index is 5.80. The van der Waals surface area contributed by atoms with Crippen molar-refractivity contribution in [2.75, 3.05) is 5.73 Å². The van der Waals surface area contributed by atoms with Crippen LogP contribution in [0.2, 0.25) is 0 Å². The predicted octanol–water partition coefficient (Wildman–Crippen LogP) is 2.25. The van der Waals surface area contributed by atoms with Crippen LogP contribution in [0.5, 0.6) is 0 Å². The fourth-order valence-electron chi connectivity index (χ4n) is 1.75. The number of aromatic nitrogens is 3. The van der Waals surface area contributed by atoms with E-state index >= 15 is 0 Å². The van der Waals surface area contributed by atoms with Crippen molar-refractivity contribution in [3.05, 3.63) is 35.8 Å². The number of nitrogen functional groups attached to an aromatic ring is 1. The first-order valence-electron chi connectivity index (χ1n) is 5.81. The first kappa shape index (κ1) is 11.5. The van der Waals surface area contributed by atoms with Gasteiger partial charge in [-0.1, -0.05) is 13.8 Å². The van der Waals surface area contributed by atoms with Gasteiger partial charge in [0.1, 0.15) is 5.82 Å². The highest BCUT2D eigenvalue weighted by molar-refractivity contribution is 5.60. The summed E-state index contributed by atoms with van der Waals surface area (Å²) in [5.41, 5.74) is 8.92. The standard InChI is InChI=1S/C13H16N4/c1-3-9-8-15-6-5-11(9)13-16-10(4-2)7-12(14)17-13/h5-8H,3-4H2,1-2H3,(H2,14,16,17).